The fourth-order valence-corrected chi connectivity index (χ4v) is 10.6. The molecule has 1 saturated heterocycles. The lowest BCUT2D eigenvalue weighted by Gasteiger charge is -2.43. The summed E-state index contributed by atoms with van der Waals surface area (Å²) in [6.45, 7) is 12.5. The van der Waals surface area contributed by atoms with E-state index in [2.05, 4.69) is 50.0 Å². The van der Waals surface area contributed by atoms with E-state index in [0.29, 0.717) is 17.0 Å². The van der Waals surface area contributed by atoms with Crippen LogP contribution in [-0.4, -0.2) is 55.1 Å². The SMILES string of the molecule is CC[C@@](O)(CC(=O)N1C(=O)OC[C@H]1C(C)C)c1ccnc(OC)c1CO[Si](c1ccccc1)(c1ccccc1)C(C)(C)C. The topological polar surface area (TPSA) is 98.2 Å². The largest absolute Gasteiger partial charge is 0.481 e. The van der Waals surface area contributed by atoms with Gasteiger partial charge in [0, 0.05) is 11.8 Å². The third-order valence-corrected chi connectivity index (χ3v) is 13.5. The van der Waals surface area contributed by atoms with E-state index in [0.717, 1.165) is 15.3 Å². The number of pyridine rings is 1. The van der Waals surface area contributed by atoms with Crippen LogP contribution in [-0.2, 0) is 26.2 Å². The molecule has 1 aliphatic heterocycles. The summed E-state index contributed by atoms with van der Waals surface area (Å²) in [5.41, 5.74) is -0.552. The van der Waals surface area contributed by atoms with Gasteiger partial charge in [0.15, 0.2) is 0 Å². The molecule has 0 spiro atoms. The van der Waals surface area contributed by atoms with Crippen molar-refractivity contribution < 1.29 is 28.6 Å². The molecule has 0 radical (unpaired) electrons. The predicted molar refractivity (Wildman–Crippen MR) is 169 cm³/mol. The Bertz CT molecular complexity index is 1370. The summed E-state index contributed by atoms with van der Waals surface area (Å²) < 4.78 is 18.1. The number of ether oxygens (including phenoxy) is 2. The highest BCUT2D eigenvalue weighted by atomic mass is 28.4. The summed E-state index contributed by atoms with van der Waals surface area (Å²) in [6, 6.07) is 21.9. The Morgan fingerprint density at radius 3 is 2.14 bits per heavy atom. The number of hydrogen-bond acceptors (Lipinski definition) is 7. The number of rotatable bonds is 11. The zero-order valence-corrected chi connectivity index (χ0v) is 27.3. The molecule has 1 fully saturated rings. The smallest absolute Gasteiger partial charge is 0.416 e. The fourth-order valence-electron chi connectivity index (χ4n) is 6.13. The molecule has 1 aromatic heterocycles. The van der Waals surface area contributed by atoms with Gasteiger partial charge in [0.1, 0.15) is 6.61 Å². The summed E-state index contributed by atoms with van der Waals surface area (Å²) in [4.78, 5) is 31.7. The number of imide groups is 1. The van der Waals surface area contributed by atoms with E-state index in [1.807, 2.05) is 57.2 Å². The van der Waals surface area contributed by atoms with E-state index < -0.39 is 25.9 Å². The van der Waals surface area contributed by atoms with Crippen LogP contribution < -0.4 is 15.1 Å². The average molecular weight is 605 g/mol. The van der Waals surface area contributed by atoms with Gasteiger partial charge in [0.2, 0.25) is 11.8 Å². The highest BCUT2D eigenvalue weighted by Crippen LogP contribution is 2.40. The molecule has 4 rings (SSSR count). The molecule has 0 bridgehead atoms. The van der Waals surface area contributed by atoms with Crippen LogP contribution in [0.25, 0.3) is 0 Å². The molecule has 9 heteroatoms. The molecule has 0 saturated carbocycles. The normalized spacial score (nSPS) is 17.1. The van der Waals surface area contributed by atoms with Gasteiger partial charge in [-0.25, -0.2) is 14.7 Å². The minimum absolute atomic E-state index is 0.0153. The number of nitrogens with zero attached hydrogens (tertiary/aromatic N) is 2. The van der Waals surface area contributed by atoms with Crippen LogP contribution in [0.5, 0.6) is 5.88 Å². The highest BCUT2D eigenvalue weighted by molar-refractivity contribution is 6.99. The molecule has 1 aliphatic rings. The zero-order chi connectivity index (χ0) is 31.4. The van der Waals surface area contributed by atoms with Crippen LogP contribution in [0.15, 0.2) is 72.9 Å². The standard InChI is InChI=1S/C34H44N2O6Si/c1-8-34(39,21-30(37)36-29(24(2)3)23-41-32(36)38)28-19-20-35-31(40-7)27(28)22-42-43(33(4,5)6,25-15-11-9-12-16-25)26-17-13-10-14-18-26/h9-20,24,29,39H,8,21-23H2,1-7H3/t29-,34+/m0/s1. The van der Waals surface area contributed by atoms with Crippen LogP contribution >= 0.6 is 0 Å². The van der Waals surface area contributed by atoms with Gasteiger partial charge in [-0.15, -0.1) is 0 Å². The Morgan fingerprint density at radius 1 is 1.07 bits per heavy atom. The lowest BCUT2D eigenvalue weighted by molar-refractivity contribution is -0.135. The molecule has 8 nitrogen and oxygen atoms in total. The van der Waals surface area contributed by atoms with Crippen molar-refractivity contribution in [3.8, 4) is 5.88 Å². The Kier molecular flexibility index (Phi) is 9.78. The van der Waals surface area contributed by atoms with E-state index in [1.54, 1.807) is 12.3 Å². The number of aliphatic hydroxyl groups is 1. The first-order chi connectivity index (χ1) is 20.4. The zero-order valence-electron chi connectivity index (χ0n) is 26.3. The second kappa shape index (κ2) is 13.0. The van der Waals surface area contributed by atoms with Gasteiger partial charge >= 0.3 is 6.09 Å². The van der Waals surface area contributed by atoms with Gasteiger partial charge in [-0.2, -0.15) is 0 Å². The van der Waals surface area contributed by atoms with Gasteiger partial charge in [0.05, 0.1) is 31.8 Å². The number of carbonyl (C=O) groups is 2. The van der Waals surface area contributed by atoms with Crippen LogP contribution in [0, 0.1) is 5.92 Å². The Morgan fingerprint density at radius 2 is 1.65 bits per heavy atom. The third-order valence-electron chi connectivity index (χ3n) is 8.53. The number of amides is 2. The second-order valence-electron chi connectivity index (χ2n) is 12.5. The second-order valence-corrected chi connectivity index (χ2v) is 16.8. The van der Waals surface area contributed by atoms with Gasteiger partial charge in [0.25, 0.3) is 8.32 Å². The number of methoxy groups -OCH3 is 1. The Balaban J connectivity index is 1.79. The van der Waals surface area contributed by atoms with Gasteiger partial charge in [-0.05, 0) is 39.4 Å². The maximum atomic E-state index is 13.6. The van der Waals surface area contributed by atoms with Crippen LogP contribution in [0.1, 0.15) is 65.5 Å². The Hall–Kier alpha value is -3.53. The first-order valence-electron chi connectivity index (χ1n) is 14.9. The summed E-state index contributed by atoms with van der Waals surface area (Å²) >= 11 is 0. The number of cyclic esters (lactones) is 1. The molecular formula is C34H44N2O6Si. The molecule has 43 heavy (non-hydrogen) atoms. The molecule has 1 N–H and O–H groups in total. The van der Waals surface area contributed by atoms with E-state index in [1.165, 1.54) is 7.11 Å². The number of aromatic nitrogens is 1. The van der Waals surface area contributed by atoms with Crippen LogP contribution in [0.2, 0.25) is 5.04 Å². The maximum Gasteiger partial charge on any atom is 0.416 e. The maximum absolute atomic E-state index is 13.6. The van der Waals surface area contributed by atoms with Crippen molar-refractivity contribution in [2.24, 2.45) is 5.92 Å². The summed E-state index contributed by atoms with van der Waals surface area (Å²) in [7, 11) is -1.42. The lowest BCUT2D eigenvalue weighted by Crippen LogP contribution is -2.66. The minimum Gasteiger partial charge on any atom is -0.481 e. The number of carbonyl (C=O) groups excluding carboxylic acids is 2. The number of hydrogen-bond donors (Lipinski definition) is 1. The monoisotopic (exact) mass is 604 g/mol. The third kappa shape index (κ3) is 6.25. The van der Waals surface area contributed by atoms with E-state index >= 15 is 0 Å². The van der Waals surface area contributed by atoms with Gasteiger partial charge < -0.3 is 19.0 Å². The minimum atomic E-state index is -2.95. The molecule has 2 heterocycles. The van der Waals surface area contributed by atoms with Crippen LogP contribution in [0.4, 0.5) is 4.79 Å². The van der Waals surface area contributed by atoms with Crippen LogP contribution in [0.3, 0.4) is 0 Å². The fraction of sp³-hybridized carbons (Fsp3) is 0.441. The molecule has 0 unspecified atom stereocenters. The quantitative estimate of drug-likeness (QED) is 0.302. The van der Waals surface area contributed by atoms with Crippen molar-refractivity contribution in [1.82, 2.24) is 9.88 Å². The molecule has 2 amide bonds. The van der Waals surface area contributed by atoms with Crippen molar-refractivity contribution in [2.45, 2.75) is 77.7 Å². The average Bonchev–Trinajstić information content (AvgIpc) is 3.39. The highest BCUT2D eigenvalue weighted by Gasteiger charge is 2.51. The molecule has 2 atom stereocenters. The van der Waals surface area contributed by atoms with Crippen molar-refractivity contribution >= 4 is 30.7 Å². The first-order valence-corrected chi connectivity index (χ1v) is 16.8. The van der Waals surface area contributed by atoms with Gasteiger partial charge in [-0.1, -0.05) is 102 Å². The van der Waals surface area contributed by atoms with E-state index in [9.17, 15) is 14.7 Å². The summed E-state index contributed by atoms with van der Waals surface area (Å²) in [5.74, 6) is -0.155. The molecule has 3 aromatic rings. The molecule has 230 valence electrons. The van der Waals surface area contributed by atoms with Crippen molar-refractivity contribution in [3.05, 3.63) is 84.1 Å². The van der Waals surface area contributed by atoms with E-state index in [4.69, 9.17) is 13.9 Å². The van der Waals surface area contributed by atoms with Crippen molar-refractivity contribution in [2.75, 3.05) is 13.7 Å². The molecule has 2 aromatic carbocycles. The molecule has 0 aliphatic carbocycles. The molecular weight excluding hydrogens is 560 g/mol. The lowest BCUT2D eigenvalue weighted by atomic mass is 9.85. The van der Waals surface area contributed by atoms with Gasteiger partial charge in [-0.3, -0.25) is 4.79 Å². The first kappa shape index (κ1) is 32.4. The van der Waals surface area contributed by atoms with E-state index in [-0.39, 0.29) is 43.1 Å². The summed E-state index contributed by atoms with van der Waals surface area (Å²) in [6.07, 6.45) is 0.797. The summed E-state index contributed by atoms with van der Waals surface area (Å²) in [5, 5.41) is 14.1. The Labute approximate surface area is 256 Å². The predicted octanol–water partition coefficient (Wildman–Crippen LogP) is 5.16. The number of benzene rings is 2. The van der Waals surface area contributed by atoms with Crippen molar-refractivity contribution in [1.29, 1.82) is 0 Å². The van der Waals surface area contributed by atoms with Crippen molar-refractivity contribution in [3.63, 3.8) is 0 Å².